The summed E-state index contributed by atoms with van der Waals surface area (Å²) in [6.45, 7) is 2.26. The summed E-state index contributed by atoms with van der Waals surface area (Å²) in [5.74, 6) is -0.616. The van der Waals surface area contributed by atoms with E-state index in [0.717, 1.165) is 18.4 Å². The van der Waals surface area contributed by atoms with Crippen LogP contribution in [0.5, 0.6) is 5.75 Å². The number of non-ortho nitro benzene ring substituents is 1. The summed E-state index contributed by atoms with van der Waals surface area (Å²) in [7, 11) is 0. The first kappa shape index (κ1) is 29.1. The smallest absolute Gasteiger partial charge is 0.303 e. The standard InChI is InChI=1S/C16H32O2.C12H9NO3/c1-2-3-4-5-6-7-8-9-10-11-12-13-14-15-16(17)18;14-12-7-6-10(13(15)16)8-11(12)9-4-2-1-3-5-9/h2-15H2,1H3,(H,17,18);1-8,14H. The van der Waals surface area contributed by atoms with E-state index in [1.165, 1.54) is 88.8 Å². The lowest BCUT2D eigenvalue weighted by Gasteiger charge is -2.03. The Kier molecular flexibility index (Phi) is 15.9. The average Bonchev–Trinajstić information content (AvgIpc) is 2.83. The van der Waals surface area contributed by atoms with Crippen molar-refractivity contribution < 1.29 is 19.9 Å². The zero-order chi connectivity index (χ0) is 25.0. The third-order valence-corrected chi connectivity index (χ3v) is 5.77. The maximum Gasteiger partial charge on any atom is 0.303 e. The van der Waals surface area contributed by atoms with Gasteiger partial charge in [0.2, 0.25) is 0 Å². The number of carboxylic acid groups (broad SMARTS) is 1. The Morgan fingerprint density at radius 1 is 0.794 bits per heavy atom. The van der Waals surface area contributed by atoms with E-state index < -0.39 is 10.9 Å². The third kappa shape index (κ3) is 13.6. The molecule has 2 rings (SSSR count). The highest BCUT2D eigenvalue weighted by atomic mass is 16.6. The van der Waals surface area contributed by atoms with Crippen molar-refractivity contribution in [3.05, 3.63) is 58.6 Å². The first-order valence-corrected chi connectivity index (χ1v) is 12.7. The number of hydrogen-bond donors (Lipinski definition) is 2. The Morgan fingerprint density at radius 3 is 1.76 bits per heavy atom. The largest absolute Gasteiger partial charge is 0.507 e. The number of aromatic hydroxyl groups is 1. The van der Waals surface area contributed by atoms with E-state index in [9.17, 15) is 20.0 Å². The number of carbonyl (C=O) groups is 1. The Hall–Kier alpha value is -2.89. The summed E-state index contributed by atoms with van der Waals surface area (Å²) in [5.41, 5.74) is 1.19. The van der Waals surface area contributed by atoms with Gasteiger partial charge in [0.15, 0.2) is 0 Å². The molecule has 0 atom stereocenters. The van der Waals surface area contributed by atoms with Crippen LogP contribution in [0.3, 0.4) is 0 Å². The number of hydrogen-bond acceptors (Lipinski definition) is 4. The average molecular weight is 472 g/mol. The van der Waals surface area contributed by atoms with E-state index in [0.29, 0.717) is 12.0 Å². The van der Waals surface area contributed by atoms with E-state index in [1.54, 1.807) is 12.1 Å². The molecule has 0 aliphatic heterocycles. The minimum absolute atomic E-state index is 0.0309. The molecular formula is C28H41NO5. The molecule has 188 valence electrons. The molecule has 0 saturated carbocycles. The van der Waals surface area contributed by atoms with Gasteiger partial charge in [-0.15, -0.1) is 0 Å². The number of carboxylic acids is 1. The van der Waals surface area contributed by atoms with Crippen LogP contribution in [0.2, 0.25) is 0 Å². The molecule has 0 aromatic heterocycles. The summed E-state index contributed by atoms with van der Waals surface area (Å²) < 4.78 is 0. The van der Waals surface area contributed by atoms with Crippen molar-refractivity contribution in [3.8, 4) is 16.9 Å². The van der Waals surface area contributed by atoms with Crippen LogP contribution >= 0.6 is 0 Å². The molecule has 0 fully saturated rings. The number of phenols is 1. The number of nitrogens with zero attached hydrogens (tertiary/aromatic N) is 1. The molecule has 6 heteroatoms. The van der Waals surface area contributed by atoms with Gasteiger partial charge in [0, 0.05) is 24.1 Å². The summed E-state index contributed by atoms with van der Waals surface area (Å²) in [6, 6.07) is 13.0. The van der Waals surface area contributed by atoms with Gasteiger partial charge in [-0.3, -0.25) is 14.9 Å². The number of nitro benzene ring substituents is 1. The highest BCUT2D eigenvalue weighted by Gasteiger charge is 2.11. The maximum absolute atomic E-state index is 10.6. The monoisotopic (exact) mass is 471 g/mol. The van der Waals surface area contributed by atoms with Crippen molar-refractivity contribution in [2.75, 3.05) is 0 Å². The van der Waals surface area contributed by atoms with Crippen LogP contribution in [0.15, 0.2) is 48.5 Å². The van der Waals surface area contributed by atoms with Crippen LogP contribution in [-0.2, 0) is 4.79 Å². The van der Waals surface area contributed by atoms with Crippen molar-refractivity contribution in [1.82, 2.24) is 0 Å². The Balaban J connectivity index is 0.000000341. The predicted octanol–water partition coefficient (Wildman–Crippen LogP) is 8.52. The van der Waals surface area contributed by atoms with Gasteiger partial charge in [-0.05, 0) is 18.1 Å². The number of nitro groups is 1. The Morgan fingerprint density at radius 2 is 1.29 bits per heavy atom. The van der Waals surface area contributed by atoms with Crippen molar-refractivity contribution in [2.45, 2.75) is 96.8 Å². The van der Waals surface area contributed by atoms with E-state index in [-0.39, 0.29) is 11.4 Å². The predicted molar refractivity (Wildman–Crippen MR) is 138 cm³/mol. The first-order valence-electron chi connectivity index (χ1n) is 12.7. The van der Waals surface area contributed by atoms with Crippen molar-refractivity contribution in [3.63, 3.8) is 0 Å². The maximum atomic E-state index is 10.6. The van der Waals surface area contributed by atoms with Gasteiger partial charge in [0.05, 0.1) is 4.92 Å². The molecule has 0 bridgehead atoms. The van der Waals surface area contributed by atoms with Crippen molar-refractivity contribution in [2.24, 2.45) is 0 Å². The minimum atomic E-state index is -0.655. The van der Waals surface area contributed by atoms with Crippen LogP contribution in [-0.4, -0.2) is 21.1 Å². The molecule has 0 saturated heterocycles. The quantitative estimate of drug-likeness (QED) is 0.145. The zero-order valence-corrected chi connectivity index (χ0v) is 20.6. The Labute approximate surface area is 204 Å². The van der Waals surface area contributed by atoms with Crippen LogP contribution in [0.4, 0.5) is 5.69 Å². The molecule has 0 aliphatic carbocycles. The van der Waals surface area contributed by atoms with Crippen LogP contribution in [0, 0.1) is 10.1 Å². The van der Waals surface area contributed by atoms with Gasteiger partial charge >= 0.3 is 5.97 Å². The minimum Gasteiger partial charge on any atom is -0.507 e. The molecule has 0 radical (unpaired) electrons. The topological polar surface area (TPSA) is 101 Å². The number of rotatable bonds is 16. The summed E-state index contributed by atoms with van der Waals surface area (Å²) in [4.78, 5) is 20.4. The lowest BCUT2D eigenvalue weighted by molar-refractivity contribution is -0.384. The van der Waals surface area contributed by atoms with Crippen LogP contribution < -0.4 is 0 Å². The molecule has 2 aromatic rings. The second-order valence-electron chi connectivity index (χ2n) is 8.71. The molecule has 0 unspecified atom stereocenters. The molecule has 34 heavy (non-hydrogen) atoms. The molecule has 2 N–H and O–H groups in total. The van der Waals surface area contributed by atoms with Crippen LogP contribution in [0.1, 0.15) is 96.8 Å². The van der Waals surface area contributed by atoms with Crippen molar-refractivity contribution in [1.29, 1.82) is 0 Å². The molecule has 6 nitrogen and oxygen atoms in total. The van der Waals surface area contributed by atoms with E-state index in [1.807, 2.05) is 18.2 Å². The van der Waals surface area contributed by atoms with E-state index >= 15 is 0 Å². The zero-order valence-electron chi connectivity index (χ0n) is 20.6. The summed E-state index contributed by atoms with van der Waals surface area (Å²) in [5, 5.41) is 28.8. The fourth-order valence-corrected chi connectivity index (χ4v) is 3.78. The number of aliphatic carboxylic acids is 1. The fraction of sp³-hybridized carbons (Fsp3) is 0.536. The molecular weight excluding hydrogens is 430 g/mol. The van der Waals surface area contributed by atoms with Gasteiger partial charge in [-0.2, -0.15) is 0 Å². The second-order valence-corrected chi connectivity index (χ2v) is 8.71. The van der Waals surface area contributed by atoms with Gasteiger partial charge in [-0.1, -0.05) is 114 Å². The van der Waals surface area contributed by atoms with Crippen LogP contribution in [0.25, 0.3) is 11.1 Å². The lowest BCUT2D eigenvalue weighted by Crippen LogP contribution is -1.93. The lowest BCUT2D eigenvalue weighted by atomic mass is 10.0. The normalized spacial score (nSPS) is 10.4. The molecule has 0 aliphatic rings. The summed E-state index contributed by atoms with van der Waals surface area (Å²) in [6.07, 6.45) is 17.3. The molecule has 2 aromatic carbocycles. The second kappa shape index (κ2) is 18.5. The number of benzene rings is 2. The molecule has 0 spiro atoms. The van der Waals surface area contributed by atoms with Gasteiger partial charge in [-0.25, -0.2) is 0 Å². The van der Waals surface area contributed by atoms with E-state index in [4.69, 9.17) is 5.11 Å². The SMILES string of the molecule is CCCCCCCCCCCCCCCC(=O)O.O=[N+]([O-])c1ccc(O)c(-c2ccccc2)c1. The third-order valence-electron chi connectivity index (χ3n) is 5.77. The highest BCUT2D eigenvalue weighted by molar-refractivity contribution is 5.72. The fourth-order valence-electron chi connectivity index (χ4n) is 3.78. The molecule has 0 amide bonds. The van der Waals surface area contributed by atoms with Gasteiger partial charge in [0.25, 0.3) is 5.69 Å². The summed E-state index contributed by atoms with van der Waals surface area (Å²) >= 11 is 0. The number of phenolic OH excluding ortho intramolecular Hbond substituents is 1. The number of unbranched alkanes of at least 4 members (excludes halogenated alkanes) is 12. The molecule has 0 heterocycles. The van der Waals surface area contributed by atoms with E-state index in [2.05, 4.69) is 6.92 Å². The Bertz CT molecular complexity index is 823. The van der Waals surface area contributed by atoms with Crippen molar-refractivity contribution >= 4 is 11.7 Å². The van der Waals surface area contributed by atoms with Gasteiger partial charge < -0.3 is 10.2 Å². The first-order chi connectivity index (χ1) is 16.5. The highest BCUT2D eigenvalue weighted by Crippen LogP contribution is 2.32. The van der Waals surface area contributed by atoms with Gasteiger partial charge in [0.1, 0.15) is 5.75 Å².